The van der Waals surface area contributed by atoms with Crippen molar-refractivity contribution in [2.75, 3.05) is 13.1 Å². The fraction of sp³-hybridized carbons (Fsp3) is 0.654. The number of nitrogens with one attached hydrogen (secondary N) is 1. The van der Waals surface area contributed by atoms with E-state index in [1.807, 2.05) is 0 Å². The molecule has 0 bridgehead atoms. The van der Waals surface area contributed by atoms with Gasteiger partial charge in [0.25, 0.3) is 0 Å². The van der Waals surface area contributed by atoms with E-state index in [0.29, 0.717) is 36.5 Å². The predicted octanol–water partition coefficient (Wildman–Crippen LogP) is 6.90. The number of guanidine groups is 1. The van der Waals surface area contributed by atoms with Crippen LogP contribution < -0.4 is 5.73 Å². The Bertz CT molecular complexity index is 943. The molecule has 2 aromatic rings. The van der Waals surface area contributed by atoms with Crippen molar-refractivity contribution in [2.24, 2.45) is 5.73 Å². The van der Waals surface area contributed by atoms with Gasteiger partial charge in [-0.25, -0.2) is 0 Å². The summed E-state index contributed by atoms with van der Waals surface area (Å²) in [6.45, 7) is 3.38. The van der Waals surface area contributed by atoms with Crippen molar-refractivity contribution >= 4 is 5.96 Å². The molecule has 1 atom stereocenters. The number of hydrogen-bond donors (Lipinski definition) is 2. The van der Waals surface area contributed by atoms with Crippen LogP contribution in [0.2, 0.25) is 0 Å². The summed E-state index contributed by atoms with van der Waals surface area (Å²) >= 11 is 0. The van der Waals surface area contributed by atoms with E-state index in [0.717, 1.165) is 44.6 Å². The zero-order valence-electron chi connectivity index (χ0n) is 20.7. The van der Waals surface area contributed by atoms with Crippen molar-refractivity contribution in [3.63, 3.8) is 0 Å². The first-order valence-corrected chi connectivity index (χ1v) is 12.9. The summed E-state index contributed by atoms with van der Waals surface area (Å²) < 4.78 is 46.9. The molecule has 0 saturated carbocycles. The Morgan fingerprint density at radius 3 is 2.46 bits per heavy atom. The minimum absolute atomic E-state index is 0.00757. The van der Waals surface area contributed by atoms with Crippen LogP contribution in [0.3, 0.4) is 0 Å². The summed E-state index contributed by atoms with van der Waals surface area (Å²) in [5, 5.41) is 11.6. The van der Waals surface area contributed by atoms with Gasteiger partial charge in [0, 0.05) is 18.7 Å². The number of rotatable bonds is 12. The Morgan fingerprint density at radius 2 is 1.80 bits per heavy atom. The van der Waals surface area contributed by atoms with Gasteiger partial charge in [-0.2, -0.15) is 18.2 Å². The molecule has 3 N–H and O–H groups in total. The summed E-state index contributed by atoms with van der Waals surface area (Å²) in [4.78, 5) is 6.13. The monoisotopic (exact) mass is 493 g/mol. The van der Waals surface area contributed by atoms with Gasteiger partial charge in [0.05, 0.1) is 11.5 Å². The number of nitrogens with two attached hydrogens (primary N) is 1. The summed E-state index contributed by atoms with van der Waals surface area (Å²) in [7, 11) is 0. The van der Waals surface area contributed by atoms with E-state index in [1.165, 1.54) is 32.1 Å². The maximum Gasteiger partial charge on any atom is 0.416 e. The minimum atomic E-state index is -4.44. The number of nitrogens with zero attached hydrogens (tertiary/aromatic N) is 3. The van der Waals surface area contributed by atoms with Crippen LogP contribution in [0.5, 0.6) is 0 Å². The molecule has 1 aromatic heterocycles. The highest BCUT2D eigenvalue weighted by Gasteiger charge is 2.34. The van der Waals surface area contributed by atoms with E-state index in [2.05, 4.69) is 17.1 Å². The van der Waals surface area contributed by atoms with Gasteiger partial charge in [-0.3, -0.25) is 5.41 Å². The number of benzene rings is 1. The van der Waals surface area contributed by atoms with Crippen LogP contribution in [0.4, 0.5) is 13.2 Å². The predicted molar refractivity (Wildman–Crippen MR) is 131 cm³/mol. The fourth-order valence-corrected chi connectivity index (χ4v) is 4.74. The Balaban J connectivity index is 1.60. The highest BCUT2D eigenvalue weighted by atomic mass is 19.4. The molecule has 0 spiro atoms. The van der Waals surface area contributed by atoms with Gasteiger partial charge in [0.2, 0.25) is 11.7 Å². The highest BCUT2D eigenvalue weighted by Crippen LogP contribution is 2.36. The Kier molecular flexibility index (Phi) is 9.98. The number of likely N-dealkylation sites (tertiary alicyclic amines) is 1. The Hall–Kier alpha value is -2.58. The zero-order chi connectivity index (χ0) is 25.3. The maximum absolute atomic E-state index is 13.8. The van der Waals surface area contributed by atoms with Crippen molar-refractivity contribution < 1.29 is 17.7 Å². The average Bonchev–Trinajstić information content (AvgIpc) is 3.33. The number of hydrogen-bond acceptors (Lipinski definition) is 4. The van der Waals surface area contributed by atoms with Crippen LogP contribution in [0.1, 0.15) is 100 Å². The van der Waals surface area contributed by atoms with Crippen LogP contribution in [-0.2, 0) is 12.6 Å². The summed E-state index contributed by atoms with van der Waals surface area (Å²) in [5.74, 6) is 0.423. The second-order valence-corrected chi connectivity index (χ2v) is 9.57. The van der Waals surface area contributed by atoms with Crippen LogP contribution in [0.15, 0.2) is 22.7 Å². The number of halogens is 3. The molecule has 2 heterocycles. The number of piperidine rings is 1. The molecule has 0 amide bonds. The van der Waals surface area contributed by atoms with Gasteiger partial charge < -0.3 is 15.2 Å². The summed E-state index contributed by atoms with van der Waals surface area (Å²) in [5.41, 5.74) is 5.58. The maximum atomic E-state index is 13.8. The van der Waals surface area contributed by atoms with Gasteiger partial charge in [-0.15, -0.1) is 0 Å². The molecule has 3 rings (SSSR count). The van der Waals surface area contributed by atoms with Crippen molar-refractivity contribution in [3.05, 3.63) is 35.2 Å². The highest BCUT2D eigenvalue weighted by molar-refractivity contribution is 5.74. The van der Waals surface area contributed by atoms with Crippen molar-refractivity contribution in [2.45, 2.75) is 96.1 Å². The molecule has 1 aliphatic heterocycles. The van der Waals surface area contributed by atoms with Gasteiger partial charge >= 0.3 is 6.18 Å². The van der Waals surface area contributed by atoms with Gasteiger partial charge in [-0.05, 0) is 37.3 Å². The van der Waals surface area contributed by atoms with Gasteiger partial charge in [0.15, 0.2) is 5.96 Å². The molecule has 6 nitrogen and oxygen atoms in total. The third-order valence-corrected chi connectivity index (χ3v) is 6.78. The lowest BCUT2D eigenvalue weighted by Crippen LogP contribution is -2.42. The smallest absolute Gasteiger partial charge is 0.370 e. The van der Waals surface area contributed by atoms with Crippen LogP contribution in [-0.4, -0.2) is 34.1 Å². The van der Waals surface area contributed by atoms with Crippen LogP contribution >= 0.6 is 0 Å². The van der Waals surface area contributed by atoms with Crippen LogP contribution in [0.25, 0.3) is 11.4 Å². The lowest BCUT2D eigenvalue weighted by atomic mass is 9.97. The quantitative estimate of drug-likeness (QED) is 0.191. The van der Waals surface area contributed by atoms with Gasteiger partial charge in [0.1, 0.15) is 0 Å². The molecule has 194 valence electrons. The molecule has 35 heavy (non-hydrogen) atoms. The number of aromatic nitrogens is 2. The molecule has 1 fully saturated rings. The Morgan fingerprint density at radius 1 is 1.11 bits per heavy atom. The standard InChI is InChI=1S/C26H38F3N5O/c1-2-3-4-5-6-7-8-9-10-12-19-14-15-20(17-22(19)26(27,28)29)23-32-24(35-33-23)21-13-11-16-34(18-21)25(30)31/h14-15,17,21H,2-13,16,18H2,1H3,(H3,30,31). The largest absolute Gasteiger partial charge is 0.416 e. The number of unbranched alkanes of at least 4 members (excludes halogenated alkanes) is 8. The van der Waals surface area contributed by atoms with Crippen LogP contribution in [0, 0.1) is 5.41 Å². The first-order chi connectivity index (χ1) is 16.8. The van der Waals surface area contributed by atoms with Gasteiger partial charge in [-0.1, -0.05) is 75.6 Å². The number of aryl methyl sites for hydroxylation is 1. The molecule has 1 unspecified atom stereocenters. The van der Waals surface area contributed by atoms with E-state index < -0.39 is 11.7 Å². The summed E-state index contributed by atoms with van der Waals surface area (Å²) in [6.07, 6.45) is 7.76. The lowest BCUT2D eigenvalue weighted by molar-refractivity contribution is -0.138. The Labute approximate surface area is 206 Å². The molecular weight excluding hydrogens is 455 g/mol. The second-order valence-electron chi connectivity index (χ2n) is 9.57. The van der Waals surface area contributed by atoms with E-state index >= 15 is 0 Å². The third kappa shape index (κ3) is 7.97. The molecule has 1 aliphatic rings. The normalized spacial score (nSPS) is 16.6. The van der Waals surface area contributed by atoms with Crippen molar-refractivity contribution in [1.82, 2.24) is 15.0 Å². The van der Waals surface area contributed by atoms with E-state index in [1.54, 1.807) is 17.0 Å². The van der Waals surface area contributed by atoms with Crippen molar-refractivity contribution in [3.8, 4) is 11.4 Å². The third-order valence-electron chi connectivity index (χ3n) is 6.78. The topological polar surface area (TPSA) is 92.0 Å². The van der Waals surface area contributed by atoms with Crippen molar-refractivity contribution in [1.29, 1.82) is 5.41 Å². The number of alkyl halides is 3. The molecular formula is C26H38F3N5O. The minimum Gasteiger partial charge on any atom is -0.370 e. The first-order valence-electron chi connectivity index (χ1n) is 12.9. The van der Waals surface area contributed by atoms with E-state index in [4.69, 9.17) is 15.7 Å². The molecule has 0 radical (unpaired) electrons. The molecule has 9 heteroatoms. The lowest BCUT2D eigenvalue weighted by Gasteiger charge is -2.30. The first kappa shape index (κ1) is 27.0. The average molecular weight is 494 g/mol. The molecule has 1 aromatic carbocycles. The van der Waals surface area contributed by atoms with E-state index in [-0.39, 0.29) is 17.7 Å². The molecule has 0 aliphatic carbocycles. The summed E-state index contributed by atoms with van der Waals surface area (Å²) in [6, 6.07) is 4.34. The SMILES string of the molecule is CCCCCCCCCCCc1ccc(-c2noc(C3CCCN(C(=N)N)C3)n2)cc1C(F)(F)F. The molecule has 1 saturated heterocycles. The zero-order valence-corrected chi connectivity index (χ0v) is 20.7. The fourth-order valence-electron chi connectivity index (χ4n) is 4.74. The second kappa shape index (κ2) is 12.9. The van der Waals surface area contributed by atoms with E-state index in [9.17, 15) is 13.2 Å².